The van der Waals surface area contributed by atoms with Gasteiger partial charge in [-0.1, -0.05) is 6.07 Å². The number of rotatable bonds is 5. The Morgan fingerprint density at radius 2 is 1.65 bits per heavy atom. The molecule has 2 atom stereocenters. The fourth-order valence-corrected chi connectivity index (χ4v) is 4.05. The number of aryl methyl sites for hydroxylation is 1. The maximum absolute atomic E-state index is 14.0. The summed E-state index contributed by atoms with van der Waals surface area (Å²) in [4.78, 5) is 28.2. The smallest absolute Gasteiger partial charge is 0.256 e. The first-order chi connectivity index (χ1) is 14.8. The standard InChI is InChI=1S/C24H29FN2O4/c1-14-9-10-17(11-19(14)25)23(28)26-20-13-22(31-5)21(30-4)12-18(20)24(29)27-15(2)7-6-8-16(27)3/h9-13,15-16H,6-8H2,1-5H3,(H,26,28)/t15-,16+. The van der Waals surface area contributed by atoms with Crippen LogP contribution in [0.3, 0.4) is 0 Å². The van der Waals surface area contributed by atoms with E-state index in [1.54, 1.807) is 31.2 Å². The summed E-state index contributed by atoms with van der Waals surface area (Å²) in [5.41, 5.74) is 1.21. The number of amides is 2. The SMILES string of the molecule is COc1cc(NC(=O)c2ccc(C)c(F)c2)c(C(=O)N2[C@H](C)CCC[C@@H]2C)cc1OC. The minimum absolute atomic E-state index is 0.0825. The summed E-state index contributed by atoms with van der Waals surface area (Å²) in [6.45, 7) is 5.69. The number of nitrogens with one attached hydrogen (secondary N) is 1. The first-order valence-corrected chi connectivity index (χ1v) is 10.4. The predicted molar refractivity (Wildman–Crippen MR) is 118 cm³/mol. The number of carbonyl (C=O) groups excluding carboxylic acids is 2. The Hall–Kier alpha value is -3.09. The minimum atomic E-state index is -0.514. The number of hydrogen-bond acceptors (Lipinski definition) is 4. The van der Waals surface area contributed by atoms with Crippen LogP contribution < -0.4 is 14.8 Å². The van der Waals surface area contributed by atoms with E-state index in [1.807, 2.05) is 18.7 Å². The zero-order valence-electron chi connectivity index (χ0n) is 18.6. The van der Waals surface area contributed by atoms with Crippen LogP contribution in [0, 0.1) is 12.7 Å². The maximum atomic E-state index is 14.0. The van der Waals surface area contributed by atoms with Crippen molar-refractivity contribution in [1.82, 2.24) is 4.90 Å². The van der Waals surface area contributed by atoms with E-state index >= 15 is 0 Å². The summed E-state index contributed by atoms with van der Waals surface area (Å²) in [6, 6.07) is 7.58. The topological polar surface area (TPSA) is 67.9 Å². The van der Waals surface area contributed by atoms with Gasteiger partial charge in [0.2, 0.25) is 0 Å². The van der Waals surface area contributed by atoms with Crippen molar-refractivity contribution < 1.29 is 23.5 Å². The van der Waals surface area contributed by atoms with Crippen molar-refractivity contribution in [2.75, 3.05) is 19.5 Å². The van der Waals surface area contributed by atoms with Gasteiger partial charge in [0.25, 0.3) is 11.8 Å². The molecule has 0 aromatic heterocycles. The Morgan fingerprint density at radius 3 is 2.23 bits per heavy atom. The maximum Gasteiger partial charge on any atom is 0.256 e. The van der Waals surface area contributed by atoms with E-state index in [4.69, 9.17) is 9.47 Å². The van der Waals surface area contributed by atoms with E-state index in [-0.39, 0.29) is 23.6 Å². The second kappa shape index (κ2) is 9.37. The highest BCUT2D eigenvalue weighted by atomic mass is 19.1. The second-order valence-corrected chi connectivity index (χ2v) is 8.01. The van der Waals surface area contributed by atoms with Gasteiger partial charge in [-0.15, -0.1) is 0 Å². The molecule has 3 rings (SSSR count). The Bertz CT molecular complexity index is 982. The van der Waals surface area contributed by atoms with Crippen molar-refractivity contribution in [2.45, 2.75) is 52.1 Å². The lowest BCUT2D eigenvalue weighted by molar-refractivity contribution is 0.0511. The Morgan fingerprint density at radius 1 is 1.03 bits per heavy atom. The Labute approximate surface area is 182 Å². The number of methoxy groups -OCH3 is 2. The molecule has 0 bridgehead atoms. The van der Waals surface area contributed by atoms with Gasteiger partial charge in [-0.3, -0.25) is 9.59 Å². The summed E-state index contributed by atoms with van der Waals surface area (Å²) in [5, 5.41) is 2.76. The van der Waals surface area contributed by atoms with E-state index in [1.165, 1.54) is 20.3 Å². The average Bonchev–Trinajstić information content (AvgIpc) is 2.74. The number of piperidine rings is 1. The summed E-state index contributed by atoms with van der Waals surface area (Å²) >= 11 is 0. The van der Waals surface area contributed by atoms with Crippen LogP contribution in [0.4, 0.5) is 10.1 Å². The van der Waals surface area contributed by atoms with Gasteiger partial charge >= 0.3 is 0 Å². The quantitative estimate of drug-likeness (QED) is 0.742. The number of hydrogen-bond donors (Lipinski definition) is 1. The molecule has 1 saturated heterocycles. The summed E-state index contributed by atoms with van der Waals surface area (Å²) in [6.07, 6.45) is 2.92. The van der Waals surface area contributed by atoms with Crippen molar-refractivity contribution in [3.8, 4) is 11.5 Å². The number of halogens is 1. The highest BCUT2D eigenvalue weighted by Crippen LogP contribution is 2.36. The molecule has 0 saturated carbocycles. The van der Waals surface area contributed by atoms with Gasteiger partial charge in [-0.05, 0) is 63.8 Å². The van der Waals surface area contributed by atoms with Gasteiger partial charge in [0, 0.05) is 23.7 Å². The van der Waals surface area contributed by atoms with E-state index in [2.05, 4.69) is 5.32 Å². The largest absolute Gasteiger partial charge is 0.493 e. The molecule has 0 radical (unpaired) electrons. The highest BCUT2D eigenvalue weighted by Gasteiger charge is 2.32. The number of likely N-dealkylation sites (tertiary alicyclic amines) is 1. The van der Waals surface area contributed by atoms with E-state index < -0.39 is 11.7 Å². The molecular formula is C24H29FN2O4. The molecule has 1 fully saturated rings. The molecule has 6 nitrogen and oxygen atoms in total. The summed E-state index contributed by atoms with van der Waals surface area (Å²) < 4.78 is 24.7. The highest BCUT2D eigenvalue weighted by molar-refractivity contribution is 6.09. The fraction of sp³-hybridized carbons (Fsp3) is 0.417. The molecule has 31 heavy (non-hydrogen) atoms. The molecule has 1 heterocycles. The van der Waals surface area contributed by atoms with Crippen LogP contribution >= 0.6 is 0 Å². The van der Waals surface area contributed by atoms with Crippen LogP contribution in [0.2, 0.25) is 0 Å². The third kappa shape index (κ3) is 4.65. The number of nitrogens with zero attached hydrogens (tertiary/aromatic N) is 1. The predicted octanol–water partition coefficient (Wildman–Crippen LogP) is 4.81. The fourth-order valence-electron chi connectivity index (χ4n) is 4.05. The number of ether oxygens (including phenoxy) is 2. The van der Waals surface area contributed by atoms with E-state index in [0.29, 0.717) is 28.3 Å². The van der Waals surface area contributed by atoms with Crippen molar-refractivity contribution >= 4 is 17.5 Å². The first kappa shape index (κ1) is 22.6. The van der Waals surface area contributed by atoms with Gasteiger partial charge in [-0.2, -0.15) is 0 Å². The molecule has 0 aliphatic carbocycles. The van der Waals surface area contributed by atoms with Gasteiger partial charge in [-0.25, -0.2) is 4.39 Å². The lowest BCUT2D eigenvalue weighted by atomic mass is 9.96. The zero-order valence-corrected chi connectivity index (χ0v) is 18.6. The van der Waals surface area contributed by atoms with Crippen molar-refractivity contribution in [2.24, 2.45) is 0 Å². The minimum Gasteiger partial charge on any atom is -0.493 e. The lowest BCUT2D eigenvalue weighted by Crippen LogP contribution is -2.47. The van der Waals surface area contributed by atoms with Crippen LogP contribution in [0.15, 0.2) is 30.3 Å². The molecule has 1 aliphatic heterocycles. The second-order valence-electron chi connectivity index (χ2n) is 8.01. The molecule has 7 heteroatoms. The third-order valence-electron chi connectivity index (χ3n) is 5.86. The van der Waals surface area contributed by atoms with Crippen LogP contribution in [-0.4, -0.2) is 43.0 Å². The molecule has 0 spiro atoms. The van der Waals surface area contributed by atoms with Crippen molar-refractivity contribution in [3.63, 3.8) is 0 Å². The average molecular weight is 429 g/mol. The number of anilines is 1. The third-order valence-corrected chi connectivity index (χ3v) is 5.86. The Kier molecular flexibility index (Phi) is 6.83. The van der Waals surface area contributed by atoms with Gasteiger partial charge < -0.3 is 19.7 Å². The number of benzene rings is 2. The van der Waals surface area contributed by atoms with Crippen LogP contribution in [0.25, 0.3) is 0 Å². The molecular weight excluding hydrogens is 399 g/mol. The molecule has 2 amide bonds. The van der Waals surface area contributed by atoms with Crippen LogP contribution in [-0.2, 0) is 0 Å². The van der Waals surface area contributed by atoms with Crippen LogP contribution in [0.1, 0.15) is 59.4 Å². The van der Waals surface area contributed by atoms with Gasteiger partial charge in [0.15, 0.2) is 11.5 Å². The molecule has 1 aliphatic rings. The molecule has 166 valence electrons. The summed E-state index contributed by atoms with van der Waals surface area (Å²) in [7, 11) is 2.97. The monoisotopic (exact) mass is 428 g/mol. The van der Waals surface area contributed by atoms with Gasteiger partial charge in [0.05, 0.1) is 25.5 Å². The Balaban J connectivity index is 2.02. The van der Waals surface area contributed by atoms with Crippen molar-refractivity contribution in [3.05, 3.63) is 52.8 Å². The van der Waals surface area contributed by atoms with E-state index in [9.17, 15) is 14.0 Å². The lowest BCUT2D eigenvalue weighted by Gasteiger charge is -2.39. The normalized spacial score (nSPS) is 18.5. The first-order valence-electron chi connectivity index (χ1n) is 10.4. The van der Waals surface area contributed by atoms with Crippen LogP contribution in [0.5, 0.6) is 11.5 Å². The molecule has 2 aromatic carbocycles. The molecule has 0 unspecified atom stereocenters. The van der Waals surface area contributed by atoms with Crippen molar-refractivity contribution in [1.29, 1.82) is 0 Å². The molecule has 2 aromatic rings. The zero-order chi connectivity index (χ0) is 22.7. The number of carbonyl (C=O) groups is 2. The van der Waals surface area contributed by atoms with E-state index in [0.717, 1.165) is 19.3 Å². The van der Waals surface area contributed by atoms with Gasteiger partial charge in [0.1, 0.15) is 5.82 Å². The molecule has 1 N–H and O–H groups in total. The summed E-state index contributed by atoms with van der Waals surface area (Å²) in [5.74, 6) is -0.398.